The van der Waals surface area contributed by atoms with Crippen molar-refractivity contribution in [2.45, 2.75) is 70.8 Å². The normalized spacial score (nSPS) is 10.2. The second kappa shape index (κ2) is 14.8. The fourth-order valence-electron chi connectivity index (χ4n) is 2.44. The molecule has 0 saturated carbocycles. The predicted molar refractivity (Wildman–Crippen MR) is 81.9 cm³/mol. The van der Waals surface area contributed by atoms with Crippen molar-refractivity contribution in [1.82, 2.24) is 0 Å². The third-order valence-electron chi connectivity index (χ3n) is 3.65. The van der Waals surface area contributed by atoms with E-state index in [2.05, 4.69) is 35.2 Å². The smallest absolute Gasteiger partial charge is 0.168 e. The first-order valence-electron chi connectivity index (χ1n) is 8.07. The number of nitrogens with zero attached hydrogens (tertiary/aromatic N) is 1. The Kier molecular flexibility index (Phi) is 14.4. The highest BCUT2D eigenvalue weighted by Gasteiger charge is 1.97. The summed E-state index contributed by atoms with van der Waals surface area (Å²) < 4.78 is 2.28. The molecular weight excluding hydrogens is 268 g/mol. The molecule has 2 nitrogen and oxygen atoms in total. The van der Waals surface area contributed by atoms with Gasteiger partial charge in [-0.05, 0) is 19.4 Å². The first-order chi connectivity index (χ1) is 9.43. The summed E-state index contributed by atoms with van der Waals surface area (Å²) in [6.07, 6.45) is 17.9. The molecule has 0 radical (unpaired) electrons. The number of rotatable bonds is 12. The first kappa shape index (κ1) is 19.4. The largest absolute Gasteiger partial charge is 1.00 e. The summed E-state index contributed by atoms with van der Waals surface area (Å²) >= 11 is 0. The minimum absolute atomic E-state index is 0. The van der Waals surface area contributed by atoms with Crippen LogP contribution < -0.4 is 22.7 Å². The van der Waals surface area contributed by atoms with E-state index >= 15 is 0 Å². The number of halogens is 1. The van der Waals surface area contributed by atoms with Crippen molar-refractivity contribution in [2.75, 3.05) is 6.54 Å². The lowest BCUT2D eigenvalue weighted by molar-refractivity contribution is -0.697. The maximum atomic E-state index is 5.48. The molecule has 0 atom stereocenters. The molecule has 1 aromatic heterocycles. The van der Waals surface area contributed by atoms with Crippen molar-refractivity contribution in [2.24, 2.45) is 5.73 Å². The standard InChI is InChI=1S/C17H31N2.ClH/c18-14-10-7-5-3-1-2-4-6-8-11-15-19-16-12-9-13-17-19;/h9,12-13,16-17H,1-8,10-11,14-15,18H2;1H/q+1;/p-1. The van der Waals surface area contributed by atoms with Crippen LogP contribution in [-0.4, -0.2) is 6.54 Å². The highest BCUT2D eigenvalue weighted by Crippen LogP contribution is 2.10. The van der Waals surface area contributed by atoms with E-state index in [9.17, 15) is 0 Å². The Balaban J connectivity index is 0.00000361. The van der Waals surface area contributed by atoms with Gasteiger partial charge in [0.15, 0.2) is 12.4 Å². The third-order valence-corrected chi connectivity index (χ3v) is 3.65. The lowest BCUT2D eigenvalue weighted by atomic mass is 10.1. The minimum Gasteiger partial charge on any atom is -1.00 e. The van der Waals surface area contributed by atoms with E-state index in [0.29, 0.717) is 0 Å². The zero-order chi connectivity index (χ0) is 13.6. The molecule has 1 aromatic rings. The Hall–Kier alpha value is -0.600. The summed E-state index contributed by atoms with van der Waals surface area (Å²) in [6, 6.07) is 6.28. The quantitative estimate of drug-likeness (QED) is 0.450. The molecule has 0 fully saturated rings. The highest BCUT2D eigenvalue weighted by molar-refractivity contribution is 4.83. The van der Waals surface area contributed by atoms with Crippen LogP contribution in [0.25, 0.3) is 0 Å². The van der Waals surface area contributed by atoms with E-state index in [1.165, 1.54) is 70.8 Å². The zero-order valence-corrected chi connectivity index (χ0v) is 13.5. The van der Waals surface area contributed by atoms with E-state index in [4.69, 9.17) is 5.73 Å². The SMILES string of the molecule is NCCCCCCCCCCCC[n+]1ccccc1.[Cl-]. The van der Waals surface area contributed by atoms with Crippen LogP contribution in [0.2, 0.25) is 0 Å². The van der Waals surface area contributed by atoms with Gasteiger partial charge in [-0.1, -0.05) is 51.0 Å². The van der Waals surface area contributed by atoms with Gasteiger partial charge in [0.25, 0.3) is 0 Å². The fourth-order valence-corrected chi connectivity index (χ4v) is 2.44. The van der Waals surface area contributed by atoms with Crippen molar-refractivity contribution in [3.63, 3.8) is 0 Å². The summed E-state index contributed by atoms with van der Waals surface area (Å²) in [5.41, 5.74) is 5.48. The van der Waals surface area contributed by atoms with Crippen LogP contribution >= 0.6 is 0 Å². The fraction of sp³-hybridized carbons (Fsp3) is 0.706. The Bertz CT molecular complexity index is 290. The van der Waals surface area contributed by atoms with Crippen LogP contribution in [0.5, 0.6) is 0 Å². The molecule has 20 heavy (non-hydrogen) atoms. The molecule has 0 saturated heterocycles. The topological polar surface area (TPSA) is 29.9 Å². The van der Waals surface area contributed by atoms with Crippen LogP contribution in [0, 0.1) is 0 Å². The van der Waals surface area contributed by atoms with Gasteiger partial charge in [0.05, 0.1) is 0 Å². The van der Waals surface area contributed by atoms with Crippen LogP contribution in [0.15, 0.2) is 30.6 Å². The van der Waals surface area contributed by atoms with Gasteiger partial charge < -0.3 is 18.1 Å². The molecule has 3 heteroatoms. The van der Waals surface area contributed by atoms with E-state index < -0.39 is 0 Å². The van der Waals surface area contributed by atoms with Gasteiger partial charge in [-0.15, -0.1) is 0 Å². The summed E-state index contributed by atoms with van der Waals surface area (Å²) in [7, 11) is 0. The molecule has 0 aliphatic carbocycles. The molecule has 0 aromatic carbocycles. The highest BCUT2D eigenvalue weighted by atomic mass is 35.5. The summed E-state index contributed by atoms with van der Waals surface area (Å²) in [6.45, 7) is 2.03. The molecule has 0 amide bonds. The Labute approximate surface area is 131 Å². The number of aryl methyl sites for hydroxylation is 1. The molecule has 1 heterocycles. The maximum Gasteiger partial charge on any atom is 0.168 e. The average Bonchev–Trinajstić information content (AvgIpc) is 2.46. The molecule has 116 valence electrons. The molecule has 2 N–H and O–H groups in total. The average molecular weight is 299 g/mol. The molecular formula is C17H31ClN2. The van der Waals surface area contributed by atoms with Crippen molar-refractivity contribution >= 4 is 0 Å². The van der Waals surface area contributed by atoms with Crippen molar-refractivity contribution in [3.05, 3.63) is 30.6 Å². The Morgan fingerprint density at radius 2 is 1.05 bits per heavy atom. The second-order valence-corrected chi connectivity index (χ2v) is 5.44. The van der Waals surface area contributed by atoms with Gasteiger partial charge in [-0.25, -0.2) is 4.57 Å². The van der Waals surface area contributed by atoms with Crippen molar-refractivity contribution in [3.8, 4) is 0 Å². The molecule has 0 bridgehead atoms. The Morgan fingerprint density at radius 3 is 1.55 bits per heavy atom. The Morgan fingerprint density at radius 1 is 0.600 bits per heavy atom. The van der Waals surface area contributed by atoms with Gasteiger partial charge in [-0.3, -0.25) is 0 Å². The van der Waals surface area contributed by atoms with Gasteiger partial charge in [-0.2, -0.15) is 0 Å². The molecule has 1 rings (SSSR count). The molecule has 0 aliphatic rings. The van der Waals surface area contributed by atoms with Crippen LogP contribution in [0.1, 0.15) is 64.2 Å². The molecule has 0 spiro atoms. The molecule has 0 aliphatic heterocycles. The second-order valence-electron chi connectivity index (χ2n) is 5.44. The van der Waals surface area contributed by atoms with Crippen LogP contribution in [0.3, 0.4) is 0 Å². The predicted octanol–water partition coefficient (Wildman–Crippen LogP) is 0.838. The van der Waals surface area contributed by atoms with Crippen LogP contribution in [0.4, 0.5) is 0 Å². The summed E-state index contributed by atoms with van der Waals surface area (Å²) in [4.78, 5) is 0. The van der Waals surface area contributed by atoms with Gasteiger partial charge in [0.1, 0.15) is 6.54 Å². The summed E-state index contributed by atoms with van der Waals surface area (Å²) in [5, 5.41) is 0. The van der Waals surface area contributed by atoms with E-state index in [-0.39, 0.29) is 12.4 Å². The zero-order valence-electron chi connectivity index (χ0n) is 12.8. The number of hydrogen-bond acceptors (Lipinski definition) is 1. The lowest BCUT2D eigenvalue weighted by Gasteiger charge is -2.01. The molecule has 0 unspecified atom stereocenters. The van der Waals surface area contributed by atoms with E-state index in [1.807, 2.05) is 0 Å². The number of aromatic nitrogens is 1. The maximum absolute atomic E-state index is 5.48. The van der Waals surface area contributed by atoms with Crippen molar-refractivity contribution < 1.29 is 17.0 Å². The number of nitrogens with two attached hydrogens (primary N) is 1. The number of pyridine rings is 1. The summed E-state index contributed by atoms with van der Waals surface area (Å²) in [5.74, 6) is 0. The van der Waals surface area contributed by atoms with Gasteiger partial charge in [0.2, 0.25) is 0 Å². The van der Waals surface area contributed by atoms with Gasteiger partial charge >= 0.3 is 0 Å². The van der Waals surface area contributed by atoms with Crippen LogP contribution in [-0.2, 0) is 6.54 Å². The third kappa shape index (κ3) is 11.2. The van der Waals surface area contributed by atoms with Gasteiger partial charge in [0, 0.05) is 18.6 Å². The van der Waals surface area contributed by atoms with E-state index in [1.54, 1.807) is 0 Å². The first-order valence-corrected chi connectivity index (χ1v) is 8.07. The number of hydrogen-bond donors (Lipinski definition) is 1. The van der Waals surface area contributed by atoms with E-state index in [0.717, 1.165) is 6.54 Å². The minimum atomic E-state index is 0. The van der Waals surface area contributed by atoms with Crippen molar-refractivity contribution in [1.29, 1.82) is 0 Å². The monoisotopic (exact) mass is 298 g/mol. The number of unbranched alkanes of at least 4 members (excludes halogenated alkanes) is 9. The lowest BCUT2D eigenvalue weighted by Crippen LogP contribution is -3.00.